The minimum atomic E-state index is 0. The number of fused-ring (bicyclic) bond motifs is 7. The Kier molecular flexibility index (Phi) is 9.17. The van der Waals surface area contributed by atoms with E-state index in [9.17, 15) is 0 Å². The molecule has 0 radical (unpaired) electrons. The minimum absolute atomic E-state index is 0. The Bertz CT molecular complexity index is 1260. The van der Waals surface area contributed by atoms with Crippen LogP contribution in [0, 0.1) is 11.8 Å². The first-order chi connectivity index (χ1) is 15.2. The van der Waals surface area contributed by atoms with Crippen LogP contribution in [0.2, 0.25) is 0 Å². The van der Waals surface area contributed by atoms with Crippen molar-refractivity contribution in [2.45, 2.75) is 59.8 Å². The fraction of sp³-hybridized carbons (Fsp3) is 0.323. The van der Waals surface area contributed by atoms with Crippen LogP contribution < -0.4 is 35.3 Å². The molecule has 0 N–H and O–H groups in total. The second kappa shape index (κ2) is 10.8. The van der Waals surface area contributed by atoms with Crippen LogP contribution in [-0.4, -0.2) is 4.26 Å². The Morgan fingerprint density at radius 2 is 1.59 bits per heavy atom. The summed E-state index contributed by atoms with van der Waals surface area (Å²) in [6, 6.07) is 10.0. The summed E-state index contributed by atoms with van der Waals surface area (Å²) in [6.07, 6.45) is 14.3. The monoisotopic (exact) mass is 656 g/mol. The van der Waals surface area contributed by atoms with Gasteiger partial charge in [-0.3, -0.25) is 0 Å². The first-order valence-corrected chi connectivity index (χ1v) is 14.1. The third-order valence-corrected chi connectivity index (χ3v) is 7.13. The summed E-state index contributed by atoms with van der Waals surface area (Å²) in [5.41, 5.74) is 12.8. The van der Waals surface area contributed by atoms with E-state index in [1.54, 1.807) is 27.8 Å². The normalized spacial score (nSPS) is 18.7. The molecule has 0 saturated carbocycles. The molecule has 0 atom stereocenters. The molecule has 0 nitrogen and oxygen atoms in total. The zero-order valence-corrected chi connectivity index (χ0v) is 26.3. The molecular weight excluding hydrogens is 622 g/mol. The number of rotatable bonds is 0. The predicted octanol–water partition coefficient (Wildman–Crippen LogP) is 0.225. The van der Waals surface area contributed by atoms with Crippen molar-refractivity contribution in [2.75, 3.05) is 0 Å². The molecule has 4 aliphatic rings. The van der Waals surface area contributed by atoms with Crippen LogP contribution in [-0.2, 0) is 35.7 Å². The number of hydrogen-bond acceptors (Lipinski definition) is 0. The molecule has 6 rings (SSSR count). The average Bonchev–Trinajstić information content (AvgIpc) is 3.51. The number of benzene rings is 1. The van der Waals surface area contributed by atoms with E-state index >= 15 is 0 Å². The summed E-state index contributed by atoms with van der Waals surface area (Å²) in [5.74, 6) is 0. The summed E-state index contributed by atoms with van der Waals surface area (Å²) < 4.78 is 3.39. The van der Waals surface area contributed by atoms with E-state index in [1.807, 2.05) is 30.3 Å². The summed E-state index contributed by atoms with van der Waals surface area (Å²) >= 11 is 1.06. The molecule has 4 aliphatic carbocycles. The molecule has 34 heavy (non-hydrogen) atoms. The van der Waals surface area contributed by atoms with Gasteiger partial charge >= 0.3 is 28.2 Å². The van der Waals surface area contributed by atoms with Gasteiger partial charge in [0.05, 0.1) is 0 Å². The van der Waals surface area contributed by atoms with Gasteiger partial charge in [-0.15, -0.1) is 5.56 Å². The second-order valence-corrected chi connectivity index (χ2v) is 10.6. The Labute approximate surface area is 232 Å². The Hall–Kier alpha value is -1.28. The summed E-state index contributed by atoms with van der Waals surface area (Å²) in [7, 11) is 0. The van der Waals surface area contributed by atoms with Gasteiger partial charge in [-0.05, 0) is 53.0 Å². The van der Waals surface area contributed by atoms with Crippen LogP contribution in [0.1, 0.15) is 70.2 Å². The molecule has 0 unspecified atom stereocenters. The number of allylic oxidation sites excluding steroid dienone is 6. The number of halogens is 2. The fourth-order valence-electron chi connectivity index (χ4n) is 5.99. The van der Waals surface area contributed by atoms with Gasteiger partial charge < -0.3 is 24.8 Å². The van der Waals surface area contributed by atoms with E-state index in [1.165, 1.54) is 27.1 Å². The first-order valence-electron chi connectivity index (χ1n) is 11.6. The molecule has 178 valence electrons. The van der Waals surface area contributed by atoms with Crippen LogP contribution in [0.4, 0.5) is 0 Å². The van der Waals surface area contributed by atoms with E-state index in [0.717, 1.165) is 36.7 Å². The topological polar surface area (TPSA) is 0 Å². The molecule has 3 heteroatoms. The zero-order valence-electron chi connectivity index (χ0n) is 21.2. The first kappa shape index (κ1) is 29.0. The largest absolute Gasteiger partial charge is 1.00 e. The molecule has 0 aliphatic heterocycles. The molecule has 0 fully saturated rings. The minimum Gasteiger partial charge on any atom is -1.00 e. The third-order valence-electron chi connectivity index (χ3n) is 7.13. The molecule has 2 aromatic rings. The SMILES string of the molecule is CC1=CC=c2c1c1c(c3c2=C(C)[CH-]C3(C)C)CC2=C1CC(C)(C)C=C2.[CH2]=[Hf+2].[Cl-].[Cl-].c1cc[cH-]c1. The molecule has 0 aromatic heterocycles. The van der Waals surface area contributed by atoms with Crippen molar-refractivity contribution in [1.82, 2.24) is 0 Å². The Balaban J connectivity index is 0.000000400. The maximum Gasteiger partial charge on any atom is -0.172 e. The summed E-state index contributed by atoms with van der Waals surface area (Å²) in [6.45, 7) is 14.1. The van der Waals surface area contributed by atoms with Crippen molar-refractivity contribution in [3.63, 3.8) is 0 Å². The van der Waals surface area contributed by atoms with Gasteiger partial charge in [0.1, 0.15) is 0 Å². The van der Waals surface area contributed by atoms with Crippen molar-refractivity contribution in [2.24, 2.45) is 5.41 Å². The second-order valence-electron chi connectivity index (χ2n) is 10.6. The number of hydrogen-bond donors (Lipinski definition) is 0. The predicted molar refractivity (Wildman–Crippen MR) is 138 cm³/mol. The van der Waals surface area contributed by atoms with E-state index in [-0.39, 0.29) is 35.6 Å². The fourth-order valence-corrected chi connectivity index (χ4v) is 5.99. The van der Waals surface area contributed by atoms with Crippen molar-refractivity contribution in [3.8, 4) is 0 Å². The standard InChI is InChI=1S/C25H27.C5H5.CH2.2ClH.Hf/c1-14-7-8-17-20(14)22-18(23-21(17)15(2)12-25(23,5)6)11-16-9-10-24(3,4)13-19(16)22;1-2-4-5-3-1;;;;/h7-10,12H,11,13H2,1-6H3;1-5H;1H2;2*1H;/q2*-1;;;;+2/p-2. The van der Waals surface area contributed by atoms with E-state index in [4.69, 9.17) is 0 Å². The van der Waals surface area contributed by atoms with Crippen LogP contribution in [0.25, 0.3) is 22.8 Å². The summed E-state index contributed by atoms with van der Waals surface area (Å²) in [4.78, 5) is 0. The molecule has 0 amide bonds. The molecule has 0 heterocycles. The molecule has 0 saturated heterocycles. The third kappa shape index (κ3) is 4.86. The van der Waals surface area contributed by atoms with Crippen molar-refractivity contribution < 1.29 is 48.7 Å². The molecular formula is C31H34Cl2Hf-2. The van der Waals surface area contributed by atoms with E-state index < -0.39 is 0 Å². The average molecular weight is 656 g/mol. The van der Waals surface area contributed by atoms with E-state index in [0.29, 0.717) is 0 Å². The quantitative estimate of drug-likeness (QED) is 0.282. The molecule has 2 aromatic carbocycles. The van der Waals surface area contributed by atoms with Crippen LogP contribution in [0.5, 0.6) is 0 Å². The van der Waals surface area contributed by atoms with Gasteiger partial charge in [0, 0.05) is 0 Å². The van der Waals surface area contributed by atoms with Crippen LogP contribution in [0.15, 0.2) is 54.1 Å². The maximum atomic E-state index is 3.39. The van der Waals surface area contributed by atoms with Gasteiger partial charge in [-0.25, -0.2) is 24.1 Å². The Morgan fingerprint density at radius 1 is 0.941 bits per heavy atom. The van der Waals surface area contributed by atoms with Crippen molar-refractivity contribution >= 4 is 27.1 Å². The van der Waals surface area contributed by atoms with Gasteiger partial charge in [0.25, 0.3) is 0 Å². The van der Waals surface area contributed by atoms with E-state index in [2.05, 4.69) is 76.5 Å². The smallest absolute Gasteiger partial charge is 0.172 e. The van der Waals surface area contributed by atoms with Gasteiger partial charge in [0.2, 0.25) is 0 Å². The summed E-state index contributed by atoms with van der Waals surface area (Å²) in [5, 5.41) is 3.00. The van der Waals surface area contributed by atoms with Gasteiger partial charge in [0.15, 0.2) is 0 Å². The molecule has 0 spiro atoms. The van der Waals surface area contributed by atoms with Crippen LogP contribution in [0.3, 0.4) is 0 Å². The van der Waals surface area contributed by atoms with Crippen molar-refractivity contribution in [1.29, 1.82) is 0 Å². The van der Waals surface area contributed by atoms with Gasteiger partial charge in [-0.1, -0.05) is 75.1 Å². The van der Waals surface area contributed by atoms with Gasteiger partial charge in [-0.2, -0.15) is 23.4 Å². The molecule has 0 bridgehead atoms. The zero-order chi connectivity index (χ0) is 23.3. The maximum absolute atomic E-state index is 3.39. The van der Waals surface area contributed by atoms with Crippen molar-refractivity contribution in [3.05, 3.63) is 93.2 Å². The van der Waals surface area contributed by atoms with Crippen LogP contribution >= 0.6 is 0 Å². The Morgan fingerprint density at radius 3 is 2.18 bits per heavy atom.